The molecule has 5 nitrogen and oxygen atoms in total. The fourth-order valence-corrected chi connectivity index (χ4v) is 2.19. The Bertz CT molecular complexity index is 448. The molecule has 0 unspecified atom stereocenters. The van der Waals surface area contributed by atoms with Crippen molar-refractivity contribution in [2.75, 3.05) is 40.4 Å². The molecule has 1 aromatic rings. The van der Waals surface area contributed by atoms with E-state index in [1.807, 2.05) is 23.1 Å². The third-order valence-corrected chi connectivity index (χ3v) is 3.27. The predicted molar refractivity (Wildman–Crippen MR) is 79.9 cm³/mol. The highest BCUT2D eigenvalue weighted by Gasteiger charge is 2.17. The Morgan fingerprint density at radius 2 is 1.85 bits per heavy atom. The van der Waals surface area contributed by atoms with Crippen molar-refractivity contribution in [1.29, 1.82) is 0 Å². The number of nitrogens with zero attached hydrogens (tertiary/aromatic N) is 1. The van der Waals surface area contributed by atoms with Gasteiger partial charge in [-0.1, -0.05) is 6.07 Å². The second-order valence-electron chi connectivity index (χ2n) is 4.50. The number of methoxy groups -OCH3 is 2. The standard InChI is InChI=1S/C14H20N2O3.ClH/c1-18-12-4-3-11(9-13(12)19-2)10-14(17)16-7-5-15-6-8-16;/h3-4,9,15H,5-8,10H2,1-2H3;1H. The van der Waals surface area contributed by atoms with Gasteiger partial charge in [-0.05, 0) is 17.7 Å². The number of carbonyl (C=O) groups is 1. The molecule has 0 saturated carbocycles. The summed E-state index contributed by atoms with van der Waals surface area (Å²) < 4.78 is 10.4. The predicted octanol–water partition coefficient (Wildman–Crippen LogP) is 1.10. The molecular formula is C14H21ClN2O3. The lowest BCUT2D eigenvalue weighted by Crippen LogP contribution is -2.46. The second kappa shape index (κ2) is 7.97. The highest BCUT2D eigenvalue weighted by molar-refractivity contribution is 5.85. The molecule has 20 heavy (non-hydrogen) atoms. The van der Waals surface area contributed by atoms with Gasteiger partial charge < -0.3 is 19.7 Å². The Morgan fingerprint density at radius 1 is 1.20 bits per heavy atom. The van der Waals surface area contributed by atoms with Gasteiger partial charge in [0.1, 0.15) is 0 Å². The van der Waals surface area contributed by atoms with E-state index in [9.17, 15) is 4.79 Å². The monoisotopic (exact) mass is 300 g/mol. The minimum Gasteiger partial charge on any atom is -0.493 e. The molecule has 0 aliphatic carbocycles. The van der Waals surface area contributed by atoms with Crippen LogP contribution in [-0.4, -0.2) is 51.2 Å². The first-order chi connectivity index (χ1) is 9.24. The first kappa shape index (κ1) is 16.6. The molecule has 1 aromatic carbocycles. The van der Waals surface area contributed by atoms with Crippen molar-refractivity contribution in [3.05, 3.63) is 23.8 Å². The summed E-state index contributed by atoms with van der Waals surface area (Å²) >= 11 is 0. The van der Waals surface area contributed by atoms with Crippen LogP contribution in [0.5, 0.6) is 11.5 Å². The molecular weight excluding hydrogens is 280 g/mol. The zero-order valence-corrected chi connectivity index (χ0v) is 12.7. The summed E-state index contributed by atoms with van der Waals surface area (Å²) in [6.45, 7) is 3.31. The molecule has 2 rings (SSSR count). The Labute approximate surface area is 125 Å². The van der Waals surface area contributed by atoms with Crippen molar-refractivity contribution >= 4 is 18.3 Å². The fraction of sp³-hybridized carbons (Fsp3) is 0.500. The SMILES string of the molecule is COc1ccc(CC(=O)N2CCNCC2)cc1OC.Cl. The smallest absolute Gasteiger partial charge is 0.227 e. The number of ether oxygens (including phenoxy) is 2. The molecule has 0 bridgehead atoms. The number of halogens is 1. The lowest BCUT2D eigenvalue weighted by atomic mass is 10.1. The first-order valence-electron chi connectivity index (χ1n) is 6.44. The highest BCUT2D eigenvalue weighted by atomic mass is 35.5. The van der Waals surface area contributed by atoms with Gasteiger partial charge in [-0.15, -0.1) is 12.4 Å². The van der Waals surface area contributed by atoms with Gasteiger partial charge in [0.05, 0.1) is 20.6 Å². The number of carbonyl (C=O) groups excluding carboxylic acids is 1. The number of amides is 1. The van der Waals surface area contributed by atoms with Gasteiger partial charge >= 0.3 is 0 Å². The maximum Gasteiger partial charge on any atom is 0.227 e. The average Bonchev–Trinajstić information content (AvgIpc) is 2.48. The molecule has 1 heterocycles. The van der Waals surface area contributed by atoms with Gasteiger partial charge in [0.25, 0.3) is 0 Å². The summed E-state index contributed by atoms with van der Waals surface area (Å²) in [5.74, 6) is 1.50. The van der Waals surface area contributed by atoms with Crippen molar-refractivity contribution in [1.82, 2.24) is 10.2 Å². The quantitative estimate of drug-likeness (QED) is 0.905. The third-order valence-electron chi connectivity index (χ3n) is 3.27. The van der Waals surface area contributed by atoms with Crippen LogP contribution in [0, 0.1) is 0 Å². The molecule has 6 heteroatoms. The van der Waals surface area contributed by atoms with Crippen LogP contribution in [0.4, 0.5) is 0 Å². The van der Waals surface area contributed by atoms with Gasteiger partial charge in [0.2, 0.25) is 5.91 Å². The number of hydrogen-bond donors (Lipinski definition) is 1. The summed E-state index contributed by atoms with van der Waals surface area (Å²) in [4.78, 5) is 14.0. The molecule has 1 aliphatic heterocycles. The van der Waals surface area contributed by atoms with Crippen molar-refractivity contribution in [2.24, 2.45) is 0 Å². The minimum absolute atomic E-state index is 0. The molecule has 1 fully saturated rings. The lowest BCUT2D eigenvalue weighted by Gasteiger charge is -2.27. The Kier molecular flexibility index (Phi) is 6.61. The number of piperazine rings is 1. The molecule has 1 N–H and O–H groups in total. The van der Waals surface area contributed by atoms with Crippen molar-refractivity contribution < 1.29 is 14.3 Å². The normalized spacial score (nSPS) is 14.4. The van der Waals surface area contributed by atoms with Crippen molar-refractivity contribution in [3.8, 4) is 11.5 Å². The molecule has 0 atom stereocenters. The van der Waals surface area contributed by atoms with Crippen LogP contribution in [0.1, 0.15) is 5.56 Å². The van der Waals surface area contributed by atoms with E-state index in [1.165, 1.54) is 0 Å². The maximum absolute atomic E-state index is 12.1. The maximum atomic E-state index is 12.1. The molecule has 0 spiro atoms. The van der Waals surface area contributed by atoms with Crippen LogP contribution in [-0.2, 0) is 11.2 Å². The van der Waals surface area contributed by atoms with E-state index in [0.717, 1.165) is 31.7 Å². The minimum atomic E-state index is 0. The number of nitrogens with one attached hydrogen (secondary N) is 1. The Balaban J connectivity index is 0.00000200. The number of hydrogen-bond acceptors (Lipinski definition) is 4. The fourth-order valence-electron chi connectivity index (χ4n) is 2.19. The molecule has 0 radical (unpaired) electrons. The highest BCUT2D eigenvalue weighted by Crippen LogP contribution is 2.27. The van der Waals surface area contributed by atoms with E-state index in [0.29, 0.717) is 17.9 Å². The largest absolute Gasteiger partial charge is 0.493 e. The van der Waals surface area contributed by atoms with Crippen LogP contribution in [0.25, 0.3) is 0 Å². The van der Waals surface area contributed by atoms with E-state index >= 15 is 0 Å². The van der Waals surface area contributed by atoms with Crippen LogP contribution in [0.2, 0.25) is 0 Å². The summed E-state index contributed by atoms with van der Waals surface area (Å²) in [5.41, 5.74) is 0.946. The van der Waals surface area contributed by atoms with Gasteiger partial charge in [0.15, 0.2) is 11.5 Å². The van der Waals surface area contributed by atoms with Gasteiger partial charge in [-0.2, -0.15) is 0 Å². The first-order valence-corrected chi connectivity index (χ1v) is 6.44. The zero-order valence-electron chi connectivity index (χ0n) is 11.8. The second-order valence-corrected chi connectivity index (χ2v) is 4.50. The lowest BCUT2D eigenvalue weighted by molar-refractivity contribution is -0.131. The van der Waals surface area contributed by atoms with Crippen molar-refractivity contribution in [3.63, 3.8) is 0 Å². The molecule has 1 saturated heterocycles. The van der Waals surface area contributed by atoms with E-state index in [-0.39, 0.29) is 18.3 Å². The van der Waals surface area contributed by atoms with Gasteiger partial charge in [-0.3, -0.25) is 4.79 Å². The van der Waals surface area contributed by atoms with Crippen molar-refractivity contribution in [2.45, 2.75) is 6.42 Å². The van der Waals surface area contributed by atoms with Crippen LogP contribution >= 0.6 is 12.4 Å². The van der Waals surface area contributed by atoms with E-state index in [1.54, 1.807) is 14.2 Å². The van der Waals surface area contributed by atoms with E-state index in [4.69, 9.17) is 9.47 Å². The number of rotatable bonds is 4. The third kappa shape index (κ3) is 4.02. The Morgan fingerprint density at radius 3 is 2.45 bits per heavy atom. The topological polar surface area (TPSA) is 50.8 Å². The molecule has 1 amide bonds. The molecule has 112 valence electrons. The summed E-state index contributed by atoms with van der Waals surface area (Å²) in [6, 6.07) is 5.60. The average molecular weight is 301 g/mol. The zero-order chi connectivity index (χ0) is 13.7. The summed E-state index contributed by atoms with van der Waals surface area (Å²) in [5, 5.41) is 3.24. The van der Waals surface area contributed by atoms with Gasteiger partial charge in [0, 0.05) is 26.2 Å². The molecule has 0 aromatic heterocycles. The van der Waals surface area contributed by atoms with Crippen LogP contribution in [0.3, 0.4) is 0 Å². The number of benzene rings is 1. The van der Waals surface area contributed by atoms with E-state index < -0.39 is 0 Å². The van der Waals surface area contributed by atoms with Crippen LogP contribution < -0.4 is 14.8 Å². The Hall–Kier alpha value is -1.46. The molecule has 1 aliphatic rings. The summed E-state index contributed by atoms with van der Waals surface area (Å²) in [6.07, 6.45) is 0.403. The van der Waals surface area contributed by atoms with Crippen LogP contribution in [0.15, 0.2) is 18.2 Å². The summed E-state index contributed by atoms with van der Waals surface area (Å²) in [7, 11) is 3.20. The van der Waals surface area contributed by atoms with Gasteiger partial charge in [-0.25, -0.2) is 0 Å². The van der Waals surface area contributed by atoms with E-state index in [2.05, 4.69) is 5.32 Å².